The Bertz CT molecular complexity index is 983. The fraction of sp³-hybridized carbons (Fsp3) is 0.381. The lowest BCUT2D eigenvalue weighted by molar-refractivity contribution is 0.0710. The van der Waals surface area contributed by atoms with Gasteiger partial charge in [0.2, 0.25) is 0 Å². The molecule has 0 spiro atoms. The minimum absolute atomic E-state index is 0.0573. The van der Waals surface area contributed by atoms with Crippen LogP contribution in [0.1, 0.15) is 47.4 Å². The molecule has 1 aliphatic heterocycles. The van der Waals surface area contributed by atoms with Crippen LogP contribution in [0.3, 0.4) is 0 Å². The average molecular weight is 397 g/mol. The molecule has 1 fully saturated rings. The van der Waals surface area contributed by atoms with Crippen molar-refractivity contribution in [2.75, 3.05) is 13.1 Å². The lowest BCUT2D eigenvalue weighted by Gasteiger charge is -2.31. The third-order valence-electron chi connectivity index (χ3n) is 5.36. The predicted molar refractivity (Wildman–Crippen MR) is 110 cm³/mol. The summed E-state index contributed by atoms with van der Waals surface area (Å²) in [6.07, 6.45) is 1.66. The van der Waals surface area contributed by atoms with E-state index >= 15 is 0 Å². The van der Waals surface area contributed by atoms with E-state index in [1.54, 1.807) is 20.6 Å². The molecular formula is C21H24N4O2S. The number of rotatable bonds is 5. The predicted octanol–water partition coefficient (Wildman–Crippen LogP) is 3.19. The number of thiophene rings is 1. The topological polar surface area (TPSA) is 60.1 Å². The van der Waals surface area contributed by atoms with Gasteiger partial charge in [0.25, 0.3) is 5.91 Å². The van der Waals surface area contributed by atoms with Gasteiger partial charge in [0.05, 0.1) is 12.1 Å². The van der Waals surface area contributed by atoms with Crippen molar-refractivity contribution in [3.8, 4) is 0 Å². The first-order valence-electron chi connectivity index (χ1n) is 9.70. The second-order valence-corrected chi connectivity index (χ2v) is 7.89. The van der Waals surface area contributed by atoms with E-state index in [-0.39, 0.29) is 17.5 Å². The van der Waals surface area contributed by atoms with Crippen molar-refractivity contribution < 1.29 is 4.79 Å². The van der Waals surface area contributed by atoms with Crippen molar-refractivity contribution >= 4 is 17.2 Å². The summed E-state index contributed by atoms with van der Waals surface area (Å²) >= 11 is 1.54. The SMILES string of the molecule is CCn1c(C2CCN(C(=O)c3ccsc3)CC2)nn(Cc2ccccc2)c1=O. The fourth-order valence-electron chi connectivity index (χ4n) is 3.83. The van der Waals surface area contributed by atoms with Gasteiger partial charge in [0, 0.05) is 30.9 Å². The molecule has 1 saturated heterocycles. The van der Waals surface area contributed by atoms with Gasteiger partial charge in [0.15, 0.2) is 0 Å². The van der Waals surface area contributed by atoms with Crippen molar-refractivity contribution in [3.63, 3.8) is 0 Å². The number of likely N-dealkylation sites (tertiary alicyclic amines) is 1. The molecule has 3 heterocycles. The molecule has 0 aliphatic carbocycles. The zero-order valence-electron chi connectivity index (χ0n) is 16.0. The molecule has 1 amide bonds. The first-order valence-corrected chi connectivity index (χ1v) is 10.6. The lowest BCUT2D eigenvalue weighted by atomic mass is 9.95. The second-order valence-electron chi connectivity index (χ2n) is 7.11. The van der Waals surface area contributed by atoms with Gasteiger partial charge in [-0.3, -0.25) is 9.36 Å². The van der Waals surface area contributed by atoms with Crippen LogP contribution in [0, 0.1) is 0 Å². The number of benzene rings is 1. The standard InChI is InChI=1S/C21H24N4O2S/c1-2-24-19(22-25(21(24)27)14-16-6-4-3-5-7-16)17-8-11-23(12-9-17)20(26)18-10-13-28-15-18/h3-7,10,13,15,17H,2,8-9,11-12,14H2,1H3. The third kappa shape index (κ3) is 3.67. The quantitative estimate of drug-likeness (QED) is 0.665. The number of amides is 1. The maximum atomic E-state index is 12.8. The smallest absolute Gasteiger partial charge is 0.339 e. The van der Waals surface area contributed by atoms with Crippen molar-refractivity contribution in [1.82, 2.24) is 19.2 Å². The molecule has 6 nitrogen and oxygen atoms in total. The molecule has 0 bridgehead atoms. The minimum Gasteiger partial charge on any atom is -0.339 e. The van der Waals surface area contributed by atoms with E-state index in [1.165, 1.54) is 0 Å². The Labute approximate surface area is 168 Å². The summed E-state index contributed by atoms with van der Waals surface area (Å²) in [6.45, 7) is 4.46. The lowest BCUT2D eigenvalue weighted by Crippen LogP contribution is -2.38. The molecule has 1 aliphatic rings. The van der Waals surface area contributed by atoms with E-state index in [0.29, 0.717) is 26.2 Å². The van der Waals surface area contributed by atoms with Gasteiger partial charge < -0.3 is 4.90 Å². The summed E-state index contributed by atoms with van der Waals surface area (Å²) in [6, 6.07) is 11.8. The highest BCUT2D eigenvalue weighted by atomic mass is 32.1. The number of carbonyl (C=O) groups is 1. The third-order valence-corrected chi connectivity index (χ3v) is 6.04. The monoisotopic (exact) mass is 396 g/mol. The van der Waals surface area contributed by atoms with E-state index in [0.717, 1.165) is 29.8 Å². The summed E-state index contributed by atoms with van der Waals surface area (Å²) in [5.41, 5.74) is 1.77. The molecule has 0 unspecified atom stereocenters. The van der Waals surface area contributed by atoms with Crippen LogP contribution in [0.25, 0.3) is 0 Å². The van der Waals surface area contributed by atoms with E-state index in [9.17, 15) is 9.59 Å². The highest BCUT2D eigenvalue weighted by molar-refractivity contribution is 7.08. The van der Waals surface area contributed by atoms with Crippen LogP contribution in [0.2, 0.25) is 0 Å². The highest BCUT2D eigenvalue weighted by Crippen LogP contribution is 2.27. The molecule has 0 saturated carbocycles. The molecule has 2 aromatic heterocycles. The Morgan fingerprint density at radius 2 is 1.93 bits per heavy atom. The van der Waals surface area contributed by atoms with Gasteiger partial charge in [-0.15, -0.1) is 0 Å². The number of hydrogen-bond donors (Lipinski definition) is 0. The molecule has 0 radical (unpaired) electrons. The van der Waals surface area contributed by atoms with Gasteiger partial charge >= 0.3 is 5.69 Å². The normalized spacial score (nSPS) is 15.1. The maximum absolute atomic E-state index is 12.8. The Morgan fingerprint density at radius 3 is 2.57 bits per heavy atom. The van der Waals surface area contributed by atoms with Gasteiger partial charge in [-0.1, -0.05) is 30.3 Å². The zero-order chi connectivity index (χ0) is 19.5. The number of aromatic nitrogens is 3. The number of hydrogen-bond acceptors (Lipinski definition) is 4. The molecule has 4 rings (SSSR count). The fourth-order valence-corrected chi connectivity index (χ4v) is 4.46. The maximum Gasteiger partial charge on any atom is 0.346 e. The second kappa shape index (κ2) is 8.14. The van der Waals surface area contributed by atoms with Crippen molar-refractivity contribution in [2.45, 2.75) is 38.8 Å². The van der Waals surface area contributed by atoms with E-state index < -0.39 is 0 Å². The van der Waals surface area contributed by atoms with Crippen LogP contribution in [0.5, 0.6) is 0 Å². The summed E-state index contributed by atoms with van der Waals surface area (Å²) in [5, 5.41) is 8.51. The van der Waals surface area contributed by atoms with Crippen LogP contribution < -0.4 is 5.69 Å². The highest BCUT2D eigenvalue weighted by Gasteiger charge is 2.28. The molecule has 146 valence electrons. The van der Waals surface area contributed by atoms with Crippen molar-refractivity contribution in [3.05, 3.63) is 74.6 Å². The molecular weight excluding hydrogens is 372 g/mol. The first kappa shape index (κ1) is 18.7. The summed E-state index contributed by atoms with van der Waals surface area (Å²) < 4.78 is 3.35. The molecule has 28 heavy (non-hydrogen) atoms. The summed E-state index contributed by atoms with van der Waals surface area (Å²) in [7, 11) is 0. The minimum atomic E-state index is -0.0573. The molecule has 3 aromatic rings. The zero-order valence-corrected chi connectivity index (χ0v) is 16.8. The van der Waals surface area contributed by atoms with Crippen LogP contribution in [0.4, 0.5) is 0 Å². The van der Waals surface area contributed by atoms with E-state index in [4.69, 9.17) is 0 Å². The molecule has 7 heteroatoms. The van der Waals surface area contributed by atoms with Gasteiger partial charge in [-0.05, 0) is 36.8 Å². The Kier molecular flexibility index (Phi) is 5.43. The van der Waals surface area contributed by atoms with Crippen LogP contribution >= 0.6 is 11.3 Å². The first-order chi connectivity index (χ1) is 13.7. The van der Waals surface area contributed by atoms with Crippen molar-refractivity contribution in [2.24, 2.45) is 0 Å². The van der Waals surface area contributed by atoms with Crippen LogP contribution in [-0.4, -0.2) is 38.2 Å². The van der Waals surface area contributed by atoms with E-state index in [2.05, 4.69) is 5.10 Å². The van der Waals surface area contributed by atoms with Crippen LogP contribution in [0.15, 0.2) is 52.0 Å². The Hall–Kier alpha value is -2.67. The molecule has 1 aromatic carbocycles. The van der Waals surface area contributed by atoms with Gasteiger partial charge in [-0.2, -0.15) is 16.4 Å². The number of piperidine rings is 1. The largest absolute Gasteiger partial charge is 0.346 e. The number of carbonyl (C=O) groups excluding carboxylic acids is 1. The molecule has 0 N–H and O–H groups in total. The Balaban J connectivity index is 1.49. The molecule has 0 atom stereocenters. The number of nitrogens with zero attached hydrogens (tertiary/aromatic N) is 4. The van der Waals surface area contributed by atoms with Gasteiger partial charge in [0.1, 0.15) is 5.82 Å². The van der Waals surface area contributed by atoms with E-state index in [1.807, 2.05) is 59.0 Å². The average Bonchev–Trinajstić information content (AvgIpc) is 3.37. The van der Waals surface area contributed by atoms with Gasteiger partial charge in [-0.25, -0.2) is 9.48 Å². The summed E-state index contributed by atoms with van der Waals surface area (Å²) in [5.74, 6) is 1.16. The Morgan fingerprint density at radius 1 is 1.18 bits per heavy atom. The van der Waals surface area contributed by atoms with Crippen LogP contribution in [-0.2, 0) is 13.1 Å². The summed E-state index contributed by atoms with van der Waals surface area (Å²) in [4.78, 5) is 27.3. The van der Waals surface area contributed by atoms with Crippen molar-refractivity contribution in [1.29, 1.82) is 0 Å².